The molecule has 0 aliphatic rings. The van der Waals surface area contributed by atoms with Gasteiger partial charge >= 0.3 is 5.97 Å². The molecule has 0 spiro atoms. The first-order valence-electron chi connectivity index (χ1n) is 7.48. The van der Waals surface area contributed by atoms with Crippen LogP contribution in [0.25, 0.3) is 11.5 Å². The number of esters is 1. The number of carbonyl (C=O) groups excluding carboxylic acids is 1. The summed E-state index contributed by atoms with van der Waals surface area (Å²) in [6.45, 7) is 1.58. The number of carbonyl (C=O) groups is 1. The van der Waals surface area contributed by atoms with Gasteiger partial charge in [-0.1, -0.05) is 30.3 Å². The summed E-state index contributed by atoms with van der Waals surface area (Å²) in [6, 6.07) is 15.0. The maximum Gasteiger partial charge on any atom is 0.345 e. The van der Waals surface area contributed by atoms with Crippen LogP contribution in [0.2, 0.25) is 0 Å². The number of nitro groups is 1. The van der Waals surface area contributed by atoms with E-state index >= 15 is 0 Å². The lowest BCUT2D eigenvalue weighted by Crippen LogP contribution is -2.08. The number of aryl methyl sites for hydroxylation is 1. The first kappa shape index (κ1) is 16.4. The highest BCUT2D eigenvalue weighted by atomic mass is 16.6. The second-order valence-corrected chi connectivity index (χ2v) is 5.24. The fourth-order valence-corrected chi connectivity index (χ4v) is 2.28. The van der Waals surface area contributed by atoms with Crippen molar-refractivity contribution in [3.8, 4) is 11.5 Å². The van der Waals surface area contributed by atoms with Crippen molar-refractivity contribution in [3.05, 3.63) is 81.7 Å². The van der Waals surface area contributed by atoms with E-state index < -0.39 is 10.9 Å². The molecule has 1 heterocycles. The van der Waals surface area contributed by atoms with Crippen molar-refractivity contribution < 1.29 is 18.9 Å². The van der Waals surface area contributed by atoms with E-state index in [0.29, 0.717) is 17.3 Å². The van der Waals surface area contributed by atoms with E-state index in [1.54, 1.807) is 13.0 Å². The predicted octanol–water partition coefficient (Wildman–Crippen LogP) is 3.92. The zero-order valence-corrected chi connectivity index (χ0v) is 13.3. The summed E-state index contributed by atoms with van der Waals surface area (Å²) in [5, 5.41) is 11.0. The number of nitro benzene ring substituents is 1. The van der Waals surface area contributed by atoms with Gasteiger partial charge in [-0.15, -0.1) is 0 Å². The number of oxazole rings is 1. The topological polar surface area (TPSA) is 95.5 Å². The lowest BCUT2D eigenvalue weighted by Gasteiger charge is -2.03. The fourth-order valence-electron chi connectivity index (χ4n) is 2.28. The highest BCUT2D eigenvalue weighted by Crippen LogP contribution is 2.23. The smallest absolute Gasteiger partial charge is 0.345 e. The quantitative estimate of drug-likeness (QED) is 0.397. The molecule has 3 rings (SSSR count). The van der Waals surface area contributed by atoms with Gasteiger partial charge in [0.25, 0.3) is 5.69 Å². The summed E-state index contributed by atoms with van der Waals surface area (Å²) < 4.78 is 10.8. The number of benzene rings is 2. The highest BCUT2D eigenvalue weighted by molar-refractivity contribution is 5.93. The molecule has 0 bridgehead atoms. The van der Waals surface area contributed by atoms with E-state index in [0.717, 1.165) is 5.56 Å². The summed E-state index contributed by atoms with van der Waals surface area (Å²) >= 11 is 0. The number of para-hydroxylation sites is 1. The van der Waals surface area contributed by atoms with E-state index in [9.17, 15) is 14.9 Å². The minimum absolute atomic E-state index is 0.100. The van der Waals surface area contributed by atoms with Gasteiger partial charge in [0.1, 0.15) is 23.6 Å². The zero-order chi connectivity index (χ0) is 17.8. The molecule has 0 amide bonds. The van der Waals surface area contributed by atoms with Gasteiger partial charge in [-0.25, -0.2) is 9.78 Å². The minimum atomic E-state index is -0.782. The molecule has 0 fully saturated rings. The van der Waals surface area contributed by atoms with E-state index in [-0.39, 0.29) is 17.9 Å². The average Bonchev–Trinajstić information content (AvgIpc) is 3.01. The molecule has 0 aliphatic carbocycles. The molecule has 0 radical (unpaired) electrons. The van der Waals surface area contributed by atoms with Crippen LogP contribution >= 0.6 is 0 Å². The van der Waals surface area contributed by atoms with Gasteiger partial charge in [-0.3, -0.25) is 10.1 Å². The number of hydrogen-bond acceptors (Lipinski definition) is 6. The van der Waals surface area contributed by atoms with Crippen molar-refractivity contribution >= 4 is 11.7 Å². The Hall–Kier alpha value is -3.48. The standard InChI is InChI=1S/C18H14N2O5/c1-12-15(19-17(25-12)13-7-3-2-4-8-13)11-24-18(21)14-9-5-6-10-16(14)20(22)23/h2-10H,11H2,1H3. The van der Waals surface area contributed by atoms with Crippen LogP contribution in [0, 0.1) is 17.0 Å². The van der Waals surface area contributed by atoms with Crippen molar-refractivity contribution in [2.24, 2.45) is 0 Å². The van der Waals surface area contributed by atoms with Crippen LogP contribution in [0.4, 0.5) is 5.69 Å². The van der Waals surface area contributed by atoms with Crippen LogP contribution in [0.5, 0.6) is 0 Å². The Morgan fingerprint density at radius 2 is 1.84 bits per heavy atom. The van der Waals surface area contributed by atoms with E-state index in [4.69, 9.17) is 9.15 Å². The van der Waals surface area contributed by atoms with E-state index in [1.807, 2.05) is 30.3 Å². The summed E-state index contributed by atoms with van der Waals surface area (Å²) in [5.74, 6) is 0.167. The average molecular weight is 338 g/mol. The van der Waals surface area contributed by atoms with E-state index in [2.05, 4.69) is 4.98 Å². The lowest BCUT2D eigenvalue weighted by atomic mass is 10.2. The second kappa shape index (κ2) is 6.96. The van der Waals surface area contributed by atoms with Crippen LogP contribution in [-0.2, 0) is 11.3 Å². The third-order valence-corrected chi connectivity index (χ3v) is 3.57. The van der Waals surface area contributed by atoms with Crippen LogP contribution in [-0.4, -0.2) is 15.9 Å². The molecule has 0 saturated heterocycles. The van der Waals surface area contributed by atoms with Crippen LogP contribution in [0.15, 0.2) is 59.0 Å². The monoisotopic (exact) mass is 338 g/mol. The maximum absolute atomic E-state index is 12.1. The zero-order valence-electron chi connectivity index (χ0n) is 13.3. The van der Waals surface area contributed by atoms with Gasteiger partial charge in [0, 0.05) is 11.6 Å². The third kappa shape index (κ3) is 3.55. The molecule has 0 aliphatic heterocycles. The molecule has 2 aromatic carbocycles. The van der Waals surface area contributed by atoms with Gasteiger partial charge in [-0.05, 0) is 25.1 Å². The molecule has 25 heavy (non-hydrogen) atoms. The minimum Gasteiger partial charge on any atom is -0.455 e. The summed E-state index contributed by atoms with van der Waals surface area (Å²) in [4.78, 5) is 26.8. The first-order chi connectivity index (χ1) is 12.1. The summed E-state index contributed by atoms with van der Waals surface area (Å²) in [5.41, 5.74) is 0.874. The Kier molecular flexibility index (Phi) is 4.56. The molecule has 7 nitrogen and oxygen atoms in total. The van der Waals surface area contributed by atoms with Crippen molar-refractivity contribution in [1.82, 2.24) is 4.98 Å². The van der Waals surface area contributed by atoms with Crippen LogP contribution < -0.4 is 0 Å². The SMILES string of the molecule is Cc1oc(-c2ccccc2)nc1COC(=O)c1ccccc1[N+](=O)[O-]. The fraction of sp³-hybridized carbons (Fsp3) is 0.111. The Bertz CT molecular complexity index is 918. The summed E-state index contributed by atoms with van der Waals surface area (Å²) in [6.07, 6.45) is 0. The summed E-state index contributed by atoms with van der Waals surface area (Å²) in [7, 11) is 0. The number of aromatic nitrogens is 1. The molecule has 3 aromatic rings. The van der Waals surface area contributed by atoms with Crippen molar-refractivity contribution in [2.75, 3.05) is 0 Å². The van der Waals surface area contributed by atoms with Crippen LogP contribution in [0.3, 0.4) is 0 Å². The van der Waals surface area contributed by atoms with E-state index in [1.165, 1.54) is 18.2 Å². The van der Waals surface area contributed by atoms with Gasteiger partial charge in [0.15, 0.2) is 0 Å². The number of rotatable bonds is 5. The van der Waals surface area contributed by atoms with Crippen molar-refractivity contribution in [2.45, 2.75) is 13.5 Å². The molecule has 1 aromatic heterocycles. The molecule has 126 valence electrons. The Morgan fingerprint density at radius 1 is 1.16 bits per heavy atom. The second-order valence-electron chi connectivity index (χ2n) is 5.24. The molecule has 0 atom stereocenters. The Labute approximate surface area is 143 Å². The lowest BCUT2D eigenvalue weighted by molar-refractivity contribution is -0.385. The van der Waals surface area contributed by atoms with Crippen LogP contribution in [0.1, 0.15) is 21.8 Å². The highest BCUT2D eigenvalue weighted by Gasteiger charge is 2.21. The van der Waals surface area contributed by atoms with Gasteiger partial charge < -0.3 is 9.15 Å². The molecular weight excluding hydrogens is 324 g/mol. The molecule has 0 saturated carbocycles. The van der Waals surface area contributed by atoms with Gasteiger partial charge in [0.05, 0.1) is 4.92 Å². The van der Waals surface area contributed by atoms with Gasteiger partial charge in [0.2, 0.25) is 5.89 Å². The Morgan fingerprint density at radius 3 is 2.56 bits per heavy atom. The molecule has 0 N–H and O–H groups in total. The first-order valence-corrected chi connectivity index (χ1v) is 7.48. The molecule has 7 heteroatoms. The number of hydrogen-bond donors (Lipinski definition) is 0. The number of ether oxygens (including phenoxy) is 1. The predicted molar refractivity (Wildman–Crippen MR) is 88.9 cm³/mol. The normalized spacial score (nSPS) is 10.4. The maximum atomic E-state index is 12.1. The van der Waals surface area contributed by atoms with Crippen molar-refractivity contribution in [3.63, 3.8) is 0 Å². The third-order valence-electron chi connectivity index (χ3n) is 3.57. The van der Waals surface area contributed by atoms with Gasteiger partial charge in [-0.2, -0.15) is 0 Å². The largest absolute Gasteiger partial charge is 0.455 e. The molecule has 0 unspecified atom stereocenters. The number of nitrogens with zero attached hydrogens (tertiary/aromatic N) is 2. The molecular formula is C18H14N2O5. The van der Waals surface area contributed by atoms with Crippen molar-refractivity contribution in [1.29, 1.82) is 0 Å². The Balaban J connectivity index is 1.75.